The number of ether oxygens (including phenoxy) is 1. The zero-order valence-corrected chi connectivity index (χ0v) is 19.0. The summed E-state index contributed by atoms with van der Waals surface area (Å²) in [7, 11) is 0. The van der Waals surface area contributed by atoms with Crippen LogP contribution in [0.25, 0.3) is 16.7 Å². The smallest absolute Gasteiger partial charge is 0.334 e. The van der Waals surface area contributed by atoms with Crippen molar-refractivity contribution in [1.29, 1.82) is 0 Å². The van der Waals surface area contributed by atoms with E-state index in [1.807, 2.05) is 6.92 Å². The van der Waals surface area contributed by atoms with Crippen LogP contribution in [0.3, 0.4) is 0 Å². The zero-order valence-electron chi connectivity index (χ0n) is 17.5. The zero-order chi connectivity index (χ0) is 22.6. The van der Waals surface area contributed by atoms with Gasteiger partial charge in [0.15, 0.2) is 0 Å². The second-order valence-corrected chi connectivity index (χ2v) is 9.39. The van der Waals surface area contributed by atoms with E-state index in [0.717, 1.165) is 30.5 Å². The summed E-state index contributed by atoms with van der Waals surface area (Å²) in [6.07, 6.45) is 1.88. The van der Waals surface area contributed by atoms with Gasteiger partial charge in [-0.15, -0.1) is 0 Å². The van der Waals surface area contributed by atoms with Crippen LogP contribution in [-0.4, -0.2) is 46.4 Å². The highest BCUT2D eigenvalue weighted by Gasteiger charge is 2.47. The average molecular weight is 476 g/mol. The summed E-state index contributed by atoms with van der Waals surface area (Å²) in [5.74, 6) is 0.710. The van der Waals surface area contributed by atoms with Crippen LogP contribution in [0.1, 0.15) is 19.8 Å². The van der Waals surface area contributed by atoms with Gasteiger partial charge in [-0.05, 0) is 44.0 Å². The standard InChI is InChI=1S/C22H23Cl2N5O3/c1-12-18(25)22(11-32-12)7-9-28(10-8-22)16-6-5-13-19(26-16)27-21(31)29(20(13)30)15-4-2-3-14(23)17(15)24/h2-6,12,18H,7-11,25H2,1H3,(H,26,27,31)/t12-,18+/m0/s1. The van der Waals surface area contributed by atoms with Gasteiger partial charge in [-0.3, -0.25) is 9.78 Å². The number of benzene rings is 1. The van der Waals surface area contributed by atoms with Crippen LogP contribution < -0.4 is 21.9 Å². The molecule has 0 bridgehead atoms. The van der Waals surface area contributed by atoms with E-state index >= 15 is 0 Å². The number of nitrogens with one attached hydrogen (secondary N) is 1. The summed E-state index contributed by atoms with van der Waals surface area (Å²) in [6, 6.07) is 8.31. The Hall–Kier alpha value is -2.39. The van der Waals surface area contributed by atoms with E-state index in [9.17, 15) is 9.59 Å². The topological polar surface area (TPSA) is 106 Å². The molecule has 2 aliphatic heterocycles. The normalized spacial score (nSPS) is 22.7. The van der Waals surface area contributed by atoms with Gasteiger partial charge in [0.25, 0.3) is 5.56 Å². The molecule has 3 aromatic rings. The monoisotopic (exact) mass is 475 g/mol. The minimum atomic E-state index is -0.628. The first-order chi connectivity index (χ1) is 15.3. The van der Waals surface area contributed by atoms with Crippen LogP contribution in [0.4, 0.5) is 5.82 Å². The second kappa shape index (κ2) is 7.88. The Balaban J connectivity index is 1.48. The number of hydrogen-bond acceptors (Lipinski definition) is 6. The predicted molar refractivity (Wildman–Crippen MR) is 125 cm³/mol. The molecule has 5 rings (SSSR count). The van der Waals surface area contributed by atoms with Gasteiger partial charge in [-0.2, -0.15) is 0 Å². The Bertz CT molecular complexity index is 1310. The van der Waals surface area contributed by atoms with E-state index in [1.54, 1.807) is 30.3 Å². The van der Waals surface area contributed by atoms with Gasteiger partial charge < -0.3 is 15.4 Å². The van der Waals surface area contributed by atoms with E-state index in [1.165, 1.54) is 0 Å². The number of pyridine rings is 1. The summed E-state index contributed by atoms with van der Waals surface area (Å²) < 4.78 is 6.77. The van der Waals surface area contributed by atoms with E-state index in [4.69, 9.17) is 33.7 Å². The second-order valence-electron chi connectivity index (χ2n) is 8.60. The molecule has 2 saturated heterocycles. The van der Waals surface area contributed by atoms with Crippen molar-refractivity contribution in [3.8, 4) is 5.69 Å². The minimum absolute atomic E-state index is 0.00499. The van der Waals surface area contributed by atoms with Crippen molar-refractivity contribution in [2.45, 2.75) is 31.9 Å². The third-order valence-corrected chi connectivity index (χ3v) is 7.65. The van der Waals surface area contributed by atoms with Crippen LogP contribution in [0.2, 0.25) is 10.0 Å². The first-order valence-electron chi connectivity index (χ1n) is 10.5. The molecule has 4 heterocycles. The molecule has 8 nitrogen and oxygen atoms in total. The molecule has 2 aromatic heterocycles. The first-order valence-corrected chi connectivity index (χ1v) is 11.3. The molecular weight excluding hydrogens is 453 g/mol. The highest BCUT2D eigenvalue weighted by molar-refractivity contribution is 6.43. The Morgan fingerprint density at radius 1 is 1.19 bits per heavy atom. The quantitative estimate of drug-likeness (QED) is 0.589. The lowest BCUT2D eigenvalue weighted by Gasteiger charge is -2.41. The minimum Gasteiger partial charge on any atom is -0.376 e. The van der Waals surface area contributed by atoms with E-state index < -0.39 is 11.2 Å². The van der Waals surface area contributed by atoms with Gasteiger partial charge >= 0.3 is 5.69 Å². The molecule has 2 atom stereocenters. The number of aromatic amines is 1. The lowest BCUT2D eigenvalue weighted by atomic mass is 9.73. The molecule has 0 unspecified atom stereocenters. The van der Waals surface area contributed by atoms with Crippen molar-refractivity contribution >= 4 is 40.1 Å². The molecule has 32 heavy (non-hydrogen) atoms. The van der Waals surface area contributed by atoms with Crippen LogP contribution in [0.15, 0.2) is 39.9 Å². The van der Waals surface area contributed by atoms with Crippen molar-refractivity contribution in [2.24, 2.45) is 11.1 Å². The van der Waals surface area contributed by atoms with Crippen LogP contribution in [-0.2, 0) is 4.74 Å². The Morgan fingerprint density at radius 3 is 2.62 bits per heavy atom. The van der Waals surface area contributed by atoms with Crippen molar-refractivity contribution in [3.05, 3.63) is 61.2 Å². The van der Waals surface area contributed by atoms with Crippen molar-refractivity contribution in [1.82, 2.24) is 14.5 Å². The number of fused-ring (bicyclic) bond motifs is 1. The summed E-state index contributed by atoms with van der Waals surface area (Å²) >= 11 is 12.3. The number of hydrogen-bond donors (Lipinski definition) is 2. The molecule has 0 amide bonds. The van der Waals surface area contributed by atoms with E-state index in [-0.39, 0.29) is 44.3 Å². The highest BCUT2D eigenvalue weighted by atomic mass is 35.5. The number of piperidine rings is 1. The fourth-order valence-electron chi connectivity index (χ4n) is 4.80. The number of rotatable bonds is 2. The third-order valence-electron chi connectivity index (χ3n) is 6.84. The maximum atomic E-state index is 13.1. The molecule has 0 aliphatic carbocycles. The number of anilines is 1. The maximum absolute atomic E-state index is 13.1. The van der Waals surface area contributed by atoms with Crippen molar-refractivity contribution in [3.63, 3.8) is 0 Å². The van der Waals surface area contributed by atoms with Crippen LogP contribution in [0, 0.1) is 5.41 Å². The predicted octanol–water partition coefficient (Wildman–Crippen LogP) is 2.71. The Kier molecular flexibility index (Phi) is 5.28. The summed E-state index contributed by atoms with van der Waals surface area (Å²) in [5.41, 5.74) is 5.74. The first kappa shape index (κ1) is 21.5. The van der Waals surface area contributed by atoms with Crippen molar-refractivity contribution in [2.75, 3.05) is 24.6 Å². The molecule has 10 heteroatoms. The number of nitrogens with zero attached hydrogens (tertiary/aromatic N) is 3. The Labute approximate surface area is 193 Å². The van der Waals surface area contributed by atoms with Crippen LogP contribution in [0.5, 0.6) is 0 Å². The molecular formula is C22H23Cl2N5O3. The number of halogens is 2. The lowest BCUT2D eigenvalue weighted by molar-refractivity contribution is 0.0974. The molecule has 1 spiro atoms. The number of aromatic nitrogens is 3. The summed E-state index contributed by atoms with van der Waals surface area (Å²) in [6.45, 7) is 4.27. The van der Waals surface area contributed by atoms with Gasteiger partial charge in [0, 0.05) is 24.5 Å². The molecule has 0 radical (unpaired) electrons. The lowest BCUT2D eigenvalue weighted by Crippen LogP contribution is -2.50. The van der Waals surface area contributed by atoms with Gasteiger partial charge in [0.1, 0.15) is 11.5 Å². The Morgan fingerprint density at radius 2 is 1.94 bits per heavy atom. The number of H-pyrrole nitrogens is 1. The van der Waals surface area contributed by atoms with Gasteiger partial charge in [0.05, 0.1) is 33.8 Å². The van der Waals surface area contributed by atoms with Gasteiger partial charge in [0.2, 0.25) is 0 Å². The summed E-state index contributed by atoms with van der Waals surface area (Å²) in [5, 5.41) is 0.683. The SMILES string of the molecule is C[C@@H]1OCC2(CCN(c3ccc4c(=O)n(-c5cccc(Cl)c5Cl)c(=O)[nH]c4n3)CC2)[C@@H]1N. The van der Waals surface area contributed by atoms with Gasteiger partial charge in [-0.1, -0.05) is 29.3 Å². The van der Waals surface area contributed by atoms with Crippen LogP contribution >= 0.6 is 23.2 Å². The maximum Gasteiger partial charge on any atom is 0.334 e. The third kappa shape index (κ3) is 3.33. The van der Waals surface area contributed by atoms with E-state index in [0.29, 0.717) is 12.4 Å². The largest absolute Gasteiger partial charge is 0.376 e. The summed E-state index contributed by atoms with van der Waals surface area (Å²) in [4.78, 5) is 35.3. The molecule has 168 valence electrons. The van der Waals surface area contributed by atoms with Gasteiger partial charge in [-0.25, -0.2) is 14.3 Å². The number of nitrogens with two attached hydrogens (primary N) is 1. The molecule has 1 aromatic carbocycles. The molecule has 2 aliphatic rings. The average Bonchev–Trinajstić information content (AvgIpc) is 3.05. The molecule has 0 saturated carbocycles. The fourth-order valence-corrected chi connectivity index (χ4v) is 5.18. The molecule has 2 fully saturated rings. The van der Waals surface area contributed by atoms with Crippen molar-refractivity contribution < 1.29 is 4.74 Å². The molecule has 3 N–H and O–H groups in total. The van der Waals surface area contributed by atoms with E-state index in [2.05, 4.69) is 14.9 Å². The highest BCUT2D eigenvalue weighted by Crippen LogP contribution is 2.41. The fraction of sp³-hybridized carbons (Fsp3) is 0.409.